The molecule has 0 aromatic carbocycles. The number of aromatic nitrogens is 3. The van der Waals surface area contributed by atoms with Crippen LogP contribution in [-0.4, -0.2) is 58.4 Å². The summed E-state index contributed by atoms with van der Waals surface area (Å²) in [6.07, 6.45) is 4.27. The molecule has 2 aliphatic heterocycles. The highest BCUT2D eigenvalue weighted by atomic mass is 16.5. The number of nitrogens with zero attached hydrogens (tertiary/aromatic N) is 3. The maximum Gasteiger partial charge on any atom is 0.225 e. The fourth-order valence-corrected chi connectivity index (χ4v) is 2.96. The summed E-state index contributed by atoms with van der Waals surface area (Å²) < 4.78 is 11.3. The summed E-state index contributed by atoms with van der Waals surface area (Å²) in [6.45, 7) is 4.56. The van der Waals surface area contributed by atoms with Gasteiger partial charge in [-0.25, -0.2) is 4.98 Å². The summed E-state index contributed by atoms with van der Waals surface area (Å²) in [4.78, 5) is 18.7. The SMILES string of the molecule is CCCc1nc([C@H]2CN(C(=O)C[C@H]3CCCO3)CCO2)n[nH]1. The first-order chi connectivity index (χ1) is 10.8. The third kappa shape index (κ3) is 3.64. The smallest absolute Gasteiger partial charge is 0.225 e. The second-order valence-corrected chi connectivity index (χ2v) is 5.93. The van der Waals surface area contributed by atoms with Gasteiger partial charge in [-0.1, -0.05) is 6.92 Å². The average molecular weight is 308 g/mol. The minimum atomic E-state index is -0.232. The van der Waals surface area contributed by atoms with Crippen molar-refractivity contribution in [2.75, 3.05) is 26.3 Å². The molecule has 2 aliphatic rings. The molecular weight excluding hydrogens is 284 g/mol. The van der Waals surface area contributed by atoms with Gasteiger partial charge in [0.05, 0.1) is 25.7 Å². The Hall–Kier alpha value is -1.47. The number of amides is 1. The largest absolute Gasteiger partial charge is 0.378 e. The molecule has 1 aromatic rings. The van der Waals surface area contributed by atoms with Gasteiger partial charge in [0.1, 0.15) is 11.9 Å². The Morgan fingerprint density at radius 2 is 2.32 bits per heavy atom. The van der Waals surface area contributed by atoms with Crippen LogP contribution in [0.4, 0.5) is 0 Å². The first-order valence-electron chi connectivity index (χ1n) is 8.18. The van der Waals surface area contributed by atoms with Gasteiger partial charge in [0, 0.05) is 19.6 Å². The predicted molar refractivity (Wildman–Crippen MR) is 79.2 cm³/mol. The van der Waals surface area contributed by atoms with Crippen LogP contribution in [0, 0.1) is 0 Å². The van der Waals surface area contributed by atoms with E-state index in [0.29, 0.717) is 31.9 Å². The molecule has 1 aromatic heterocycles. The monoisotopic (exact) mass is 308 g/mol. The standard InChI is InChI=1S/C15H24N4O3/c1-2-4-13-16-15(18-17-13)12-10-19(6-8-22-12)14(20)9-11-5-3-7-21-11/h11-12H,2-10H2,1H3,(H,16,17,18)/t11-,12-/m1/s1. The zero-order valence-electron chi connectivity index (χ0n) is 13.1. The molecule has 1 amide bonds. The average Bonchev–Trinajstić information content (AvgIpc) is 3.19. The normalized spacial score (nSPS) is 25.6. The van der Waals surface area contributed by atoms with Crippen LogP contribution < -0.4 is 0 Å². The molecule has 3 heterocycles. The number of aromatic amines is 1. The number of nitrogens with one attached hydrogen (secondary N) is 1. The third-order valence-corrected chi connectivity index (χ3v) is 4.17. The van der Waals surface area contributed by atoms with Gasteiger partial charge >= 0.3 is 0 Å². The first kappa shape index (κ1) is 15.4. The van der Waals surface area contributed by atoms with Crippen molar-refractivity contribution in [3.8, 4) is 0 Å². The molecule has 0 bridgehead atoms. The molecule has 7 nitrogen and oxygen atoms in total. The van der Waals surface area contributed by atoms with Crippen LogP contribution in [0.2, 0.25) is 0 Å². The fourth-order valence-electron chi connectivity index (χ4n) is 2.96. The van der Waals surface area contributed by atoms with Crippen molar-refractivity contribution in [3.05, 3.63) is 11.6 Å². The molecular formula is C15H24N4O3. The topological polar surface area (TPSA) is 80.3 Å². The third-order valence-electron chi connectivity index (χ3n) is 4.17. The van der Waals surface area contributed by atoms with Crippen LogP contribution in [0.1, 0.15) is 50.4 Å². The molecule has 122 valence electrons. The molecule has 2 atom stereocenters. The number of ether oxygens (including phenoxy) is 2. The number of hydrogen-bond acceptors (Lipinski definition) is 5. The van der Waals surface area contributed by atoms with Gasteiger partial charge in [0.15, 0.2) is 5.82 Å². The van der Waals surface area contributed by atoms with E-state index in [1.807, 2.05) is 4.90 Å². The van der Waals surface area contributed by atoms with Gasteiger partial charge in [-0.2, -0.15) is 5.10 Å². The van der Waals surface area contributed by atoms with Gasteiger partial charge in [-0.15, -0.1) is 0 Å². The zero-order valence-corrected chi connectivity index (χ0v) is 13.1. The Balaban J connectivity index is 1.56. The van der Waals surface area contributed by atoms with Gasteiger partial charge in [0.25, 0.3) is 0 Å². The summed E-state index contributed by atoms with van der Waals surface area (Å²) in [5.74, 6) is 1.67. The minimum absolute atomic E-state index is 0.0912. The molecule has 0 aliphatic carbocycles. The molecule has 0 spiro atoms. The number of H-pyrrole nitrogens is 1. The van der Waals surface area contributed by atoms with E-state index < -0.39 is 0 Å². The maximum absolute atomic E-state index is 12.4. The molecule has 0 radical (unpaired) electrons. The molecule has 22 heavy (non-hydrogen) atoms. The second-order valence-electron chi connectivity index (χ2n) is 5.93. The summed E-state index contributed by atoms with van der Waals surface area (Å²) >= 11 is 0. The second kappa shape index (κ2) is 7.19. The summed E-state index contributed by atoms with van der Waals surface area (Å²) in [7, 11) is 0. The first-order valence-corrected chi connectivity index (χ1v) is 8.18. The summed E-state index contributed by atoms with van der Waals surface area (Å²) in [5, 5.41) is 7.17. The highest BCUT2D eigenvalue weighted by Gasteiger charge is 2.30. The van der Waals surface area contributed by atoms with Gasteiger partial charge in [-0.3, -0.25) is 9.89 Å². The van der Waals surface area contributed by atoms with Gasteiger partial charge in [0.2, 0.25) is 5.91 Å². The Morgan fingerprint density at radius 3 is 3.09 bits per heavy atom. The van der Waals surface area contributed by atoms with Crippen LogP contribution in [0.3, 0.4) is 0 Å². The highest BCUT2D eigenvalue weighted by Crippen LogP contribution is 2.22. The Kier molecular flexibility index (Phi) is 5.04. The summed E-state index contributed by atoms with van der Waals surface area (Å²) in [6, 6.07) is 0. The number of hydrogen-bond donors (Lipinski definition) is 1. The number of morpholine rings is 1. The maximum atomic E-state index is 12.4. The lowest BCUT2D eigenvalue weighted by Gasteiger charge is -2.32. The number of carbonyl (C=O) groups is 1. The molecule has 0 saturated carbocycles. The van der Waals surface area contributed by atoms with E-state index in [4.69, 9.17) is 9.47 Å². The number of rotatable bonds is 5. The molecule has 7 heteroatoms. The van der Waals surface area contributed by atoms with E-state index >= 15 is 0 Å². The van der Waals surface area contributed by atoms with Crippen LogP contribution >= 0.6 is 0 Å². The van der Waals surface area contributed by atoms with Crippen molar-refractivity contribution in [2.45, 2.75) is 51.2 Å². The lowest BCUT2D eigenvalue weighted by molar-refractivity contribution is -0.141. The lowest BCUT2D eigenvalue weighted by atomic mass is 10.1. The minimum Gasteiger partial charge on any atom is -0.378 e. The van der Waals surface area contributed by atoms with Crippen molar-refractivity contribution >= 4 is 5.91 Å². The van der Waals surface area contributed by atoms with E-state index in [2.05, 4.69) is 22.1 Å². The Labute approximate surface area is 130 Å². The van der Waals surface area contributed by atoms with Crippen LogP contribution in [0.25, 0.3) is 0 Å². The highest BCUT2D eigenvalue weighted by molar-refractivity contribution is 5.76. The van der Waals surface area contributed by atoms with E-state index in [9.17, 15) is 4.79 Å². The fraction of sp³-hybridized carbons (Fsp3) is 0.800. The quantitative estimate of drug-likeness (QED) is 0.885. The van der Waals surface area contributed by atoms with Crippen molar-refractivity contribution in [3.63, 3.8) is 0 Å². The van der Waals surface area contributed by atoms with Gasteiger partial charge < -0.3 is 14.4 Å². The molecule has 0 unspecified atom stereocenters. The summed E-state index contributed by atoms with van der Waals surface area (Å²) in [5.41, 5.74) is 0. The number of carbonyl (C=O) groups excluding carboxylic acids is 1. The molecule has 1 N–H and O–H groups in total. The molecule has 3 rings (SSSR count). The van der Waals surface area contributed by atoms with E-state index in [0.717, 1.165) is 38.1 Å². The molecule has 2 saturated heterocycles. The Bertz CT molecular complexity index is 499. The molecule has 2 fully saturated rings. The lowest BCUT2D eigenvalue weighted by Crippen LogP contribution is -2.43. The Morgan fingerprint density at radius 1 is 1.41 bits per heavy atom. The van der Waals surface area contributed by atoms with Crippen LogP contribution in [-0.2, 0) is 20.7 Å². The predicted octanol–water partition coefficient (Wildman–Crippen LogP) is 1.23. The van der Waals surface area contributed by atoms with Crippen LogP contribution in [0.15, 0.2) is 0 Å². The van der Waals surface area contributed by atoms with E-state index in [1.54, 1.807) is 0 Å². The number of aryl methyl sites for hydroxylation is 1. The van der Waals surface area contributed by atoms with Gasteiger partial charge in [-0.05, 0) is 19.3 Å². The van der Waals surface area contributed by atoms with Crippen LogP contribution in [0.5, 0.6) is 0 Å². The van der Waals surface area contributed by atoms with Crippen molar-refractivity contribution in [2.24, 2.45) is 0 Å². The van der Waals surface area contributed by atoms with Crippen molar-refractivity contribution < 1.29 is 14.3 Å². The van der Waals surface area contributed by atoms with E-state index in [-0.39, 0.29) is 18.1 Å². The van der Waals surface area contributed by atoms with E-state index in [1.165, 1.54) is 0 Å². The van der Waals surface area contributed by atoms with Crippen molar-refractivity contribution in [1.82, 2.24) is 20.1 Å². The van der Waals surface area contributed by atoms with Crippen molar-refractivity contribution in [1.29, 1.82) is 0 Å². The zero-order chi connectivity index (χ0) is 15.4.